The minimum atomic E-state index is -5.33. The summed E-state index contributed by atoms with van der Waals surface area (Å²) in [6, 6.07) is 1.46. The fraction of sp³-hybridized carbons (Fsp3) is 0.615. The largest absolute Gasteiger partial charge is 0.524 e. The van der Waals surface area contributed by atoms with Crippen molar-refractivity contribution >= 4 is 31.5 Å². The van der Waals surface area contributed by atoms with E-state index in [0.717, 1.165) is 37.8 Å². The van der Waals surface area contributed by atoms with Gasteiger partial charge in [-0.1, -0.05) is 51.7 Å². The minimum Gasteiger partial charge on any atom is -0.481 e. The molecule has 0 bridgehead atoms. The number of amides is 3. The Morgan fingerprint density at radius 3 is 1.93 bits per heavy atom. The van der Waals surface area contributed by atoms with E-state index in [9.17, 15) is 42.0 Å². The van der Waals surface area contributed by atoms with Crippen molar-refractivity contribution in [3.63, 3.8) is 0 Å². The smallest absolute Gasteiger partial charge is 0.481 e. The average molecular weight is 626 g/mol. The number of carboxylic acids is 1. The van der Waals surface area contributed by atoms with Gasteiger partial charge in [0.05, 0.1) is 0 Å². The second-order valence-electron chi connectivity index (χ2n) is 9.69. The van der Waals surface area contributed by atoms with Crippen LogP contribution in [0.25, 0.3) is 0 Å². The number of carbonyl (C=O) groups is 4. The minimum absolute atomic E-state index is 0.185. The van der Waals surface area contributed by atoms with E-state index >= 15 is 0 Å². The number of carboxylic acid groups (broad SMARTS) is 1. The molecule has 12 nitrogen and oxygen atoms in total. The molecule has 0 heterocycles. The van der Waals surface area contributed by atoms with Gasteiger partial charge in [0.25, 0.3) is 0 Å². The highest BCUT2D eigenvalue weighted by molar-refractivity contribution is 7.46. The zero-order chi connectivity index (χ0) is 31.9. The number of hydrogen-bond acceptors (Lipinski definition) is 6. The highest BCUT2D eigenvalue weighted by Gasteiger charge is 2.41. The van der Waals surface area contributed by atoms with Gasteiger partial charge in [-0.2, -0.15) is 13.2 Å². The molecule has 0 aliphatic rings. The van der Waals surface area contributed by atoms with E-state index in [1.807, 2.05) is 13.8 Å². The van der Waals surface area contributed by atoms with Crippen LogP contribution in [-0.2, 0) is 30.2 Å². The van der Waals surface area contributed by atoms with Crippen molar-refractivity contribution in [3.05, 3.63) is 29.8 Å². The van der Waals surface area contributed by atoms with Crippen molar-refractivity contribution in [2.24, 2.45) is 0 Å². The molecule has 1 aromatic carbocycles. The molecule has 42 heavy (non-hydrogen) atoms. The van der Waals surface area contributed by atoms with Crippen LogP contribution in [0.1, 0.15) is 70.8 Å². The third kappa shape index (κ3) is 14.6. The van der Waals surface area contributed by atoms with Gasteiger partial charge >= 0.3 is 25.9 Å². The Morgan fingerprint density at radius 1 is 0.929 bits per heavy atom. The van der Waals surface area contributed by atoms with Crippen molar-refractivity contribution < 1.29 is 56.3 Å². The number of phosphoric acid groups is 1. The number of carbonyl (C=O) groups excluding carboxylic acids is 3. The molecule has 0 aromatic heterocycles. The van der Waals surface area contributed by atoms with Gasteiger partial charge in [-0.15, -0.1) is 0 Å². The summed E-state index contributed by atoms with van der Waals surface area (Å²) in [5, 5.41) is 13.1. The van der Waals surface area contributed by atoms with E-state index in [0.29, 0.717) is 25.9 Å². The number of phosphoric ester groups is 1. The first-order valence-corrected chi connectivity index (χ1v) is 15.1. The predicted molar refractivity (Wildman–Crippen MR) is 145 cm³/mol. The number of alkyl halides is 3. The van der Waals surface area contributed by atoms with Gasteiger partial charge in [0.15, 0.2) is 0 Å². The molecule has 0 fully saturated rings. The van der Waals surface area contributed by atoms with Crippen molar-refractivity contribution in [1.29, 1.82) is 0 Å². The molecular weight excluding hydrogens is 586 g/mol. The summed E-state index contributed by atoms with van der Waals surface area (Å²) in [5.41, 5.74) is 0.185. The van der Waals surface area contributed by atoms with E-state index in [-0.39, 0.29) is 17.7 Å². The highest BCUT2D eigenvalue weighted by Crippen LogP contribution is 2.37. The third-order valence-corrected chi connectivity index (χ3v) is 6.55. The van der Waals surface area contributed by atoms with Gasteiger partial charge in [-0.05, 0) is 37.0 Å². The van der Waals surface area contributed by atoms with Crippen LogP contribution < -0.4 is 15.2 Å². The lowest BCUT2D eigenvalue weighted by Crippen LogP contribution is -2.56. The summed E-state index contributed by atoms with van der Waals surface area (Å²) >= 11 is 0. The quantitative estimate of drug-likeness (QED) is 0.114. The molecule has 1 aromatic rings. The number of aliphatic carboxylic acids is 1. The first kappa shape index (κ1) is 36.9. The summed E-state index contributed by atoms with van der Waals surface area (Å²) < 4.78 is 54.6. The molecule has 2 atom stereocenters. The van der Waals surface area contributed by atoms with Crippen LogP contribution in [0.3, 0.4) is 0 Å². The van der Waals surface area contributed by atoms with E-state index in [2.05, 4.69) is 9.84 Å². The van der Waals surface area contributed by atoms with Gasteiger partial charge in [0.2, 0.25) is 11.8 Å². The number of benzene rings is 1. The molecular formula is C26H39F3N3O9P. The molecule has 3 amide bonds. The van der Waals surface area contributed by atoms with Gasteiger partial charge in [0.1, 0.15) is 17.8 Å². The normalized spacial score (nSPS) is 13.1. The lowest BCUT2D eigenvalue weighted by molar-refractivity contribution is -0.174. The SMILES string of the molecule is CCCCCN(CCCCC)C(=O)[C@H](CCC(=O)O)NC(=O)[C@H](Cc1ccc(OP(=O)(O)O)cc1)NC(=O)C(F)(F)F. The predicted octanol–water partition coefficient (Wildman–Crippen LogP) is 3.31. The molecule has 0 saturated carbocycles. The van der Waals surface area contributed by atoms with Gasteiger partial charge in [0, 0.05) is 25.9 Å². The Labute approximate surface area is 242 Å². The average Bonchev–Trinajstić information content (AvgIpc) is 2.89. The van der Waals surface area contributed by atoms with Crippen LogP contribution in [0, 0.1) is 0 Å². The molecule has 16 heteroatoms. The lowest BCUT2D eigenvalue weighted by Gasteiger charge is -2.29. The Bertz CT molecular complexity index is 1070. The van der Waals surface area contributed by atoms with E-state index in [1.54, 1.807) is 5.32 Å². The summed E-state index contributed by atoms with van der Waals surface area (Å²) in [6.07, 6.45) is -1.91. The van der Waals surface area contributed by atoms with Crippen molar-refractivity contribution in [3.8, 4) is 5.75 Å². The van der Waals surface area contributed by atoms with Crippen LogP contribution in [0.4, 0.5) is 13.2 Å². The number of unbranched alkanes of at least 4 members (excludes halogenated alkanes) is 4. The van der Waals surface area contributed by atoms with Crippen LogP contribution >= 0.6 is 7.82 Å². The summed E-state index contributed by atoms with van der Waals surface area (Å²) in [5.74, 6) is -5.62. The van der Waals surface area contributed by atoms with E-state index < -0.39 is 62.6 Å². The zero-order valence-electron chi connectivity index (χ0n) is 23.6. The van der Waals surface area contributed by atoms with Crippen molar-refractivity contribution in [2.45, 2.75) is 89.9 Å². The maximum absolute atomic E-state index is 13.5. The highest BCUT2D eigenvalue weighted by atomic mass is 31.2. The maximum atomic E-state index is 13.5. The second-order valence-corrected chi connectivity index (χ2v) is 10.9. The van der Waals surface area contributed by atoms with Crippen molar-refractivity contribution in [2.75, 3.05) is 13.1 Å². The maximum Gasteiger partial charge on any atom is 0.524 e. The Balaban J connectivity index is 3.25. The number of nitrogens with one attached hydrogen (secondary N) is 2. The fourth-order valence-corrected chi connectivity index (χ4v) is 4.36. The van der Waals surface area contributed by atoms with Gasteiger partial charge in [-0.3, -0.25) is 29.0 Å². The number of hydrogen-bond donors (Lipinski definition) is 5. The van der Waals surface area contributed by atoms with Crippen LogP contribution in [0.15, 0.2) is 24.3 Å². The molecule has 5 N–H and O–H groups in total. The first-order valence-electron chi connectivity index (χ1n) is 13.6. The Kier molecular flexibility index (Phi) is 15.6. The Morgan fingerprint density at radius 2 is 1.48 bits per heavy atom. The van der Waals surface area contributed by atoms with Gasteiger partial charge in [-0.25, -0.2) is 4.57 Å². The van der Waals surface area contributed by atoms with Crippen LogP contribution in [-0.4, -0.2) is 74.8 Å². The molecule has 238 valence electrons. The summed E-state index contributed by atoms with van der Waals surface area (Å²) in [4.78, 5) is 69.1. The topological polar surface area (TPSA) is 183 Å². The van der Waals surface area contributed by atoms with Crippen LogP contribution in [0.5, 0.6) is 5.75 Å². The Hall–Kier alpha value is -3.16. The second kappa shape index (κ2) is 17.7. The standard InChI is InChI=1S/C26H39F3N3O9P/c1-3-5-7-15-32(16-8-6-4-2)24(36)20(13-14-22(33)34)30-23(35)21(31-25(37)26(27,28)29)17-18-9-11-19(12-10-18)41-42(38,39)40/h9-12,20-21H,3-8,13-17H2,1-2H3,(H,30,35)(H,31,37)(H,33,34)(H2,38,39,40)/t20-,21-/m0/s1. The monoisotopic (exact) mass is 625 g/mol. The molecule has 0 spiro atoms. The first-order chi connectivity index (χ1) is 19.6. The number of nitrogens with zero attached hydrogens (tertiary/aromatic N) is 1. The van der Waals surface area contributed by atoms with Crippen LogP contribution in [0.2, 0.25) is 0 Å². The zero-order valence-corrected chi connectivity index (χ0v) is 24.5. The van der Waals surface area contributed by atoms with E-state index in [1.165, 1.54) is 17.0 Å². The summed E-state index contributed by atoms with van der Waals surface area (Å²) in [7, 11) is -4.87. The molecule has 1 rings (SSSR count). The van der Waals surface area contributed by atoms with Gasteiger partial charge < -0.3 is 25.2 Å². The molecule has 0 aliphatic heterocycles. The third-order valence-electron chi connectivity index (χ3n) is 6.10. The molecule has 0 saturated heterocycles. The van der Waals surface area contributed by atoms with Crippen molar-refractivity contribution in [1.82, 2.24) is 15.5 Å². The lowest BCUT2D eigenvalue weighted by atomic mass is 10.0. The summed E-state index contributed by atoms with van der Waals surface area (Å²) in [6.45, 7) is 4.67. The molecule has 0 radical (unpaired) electrons. The molecule has 0 aliphatic carbocycles. The number of rotatable bonds is 19. The number of halogens is 3. The molecule has 0 unspecified atom stereocenters. The fourth-order valence-electron chi connectivity index (χ4n) is 3.96. The van der Waals surface area contributed by atoms with E-state index in [4.69, 9.17) is 9.79 Å².